The first-order chi connectivity index (χ1) is 12.8. The SMILES string of the molecule is CN1CCC(N(C)c2cc(F)cc(CC(=O)c3ccc(F)c(F)c3)c2)CC1. The van der Waals surface area contributed by atoms with Crippen LogP contribution in [0.15, 0.2) is 36.4 Å². The number of piperidine rings is 1. The van der Waals surface area contributed by atoms with Crippen molar-refractivity contribution in [3.05, 3.63) is 65.0 Å². The lowest BCUT2D eigenvalue weighted by Crippen LogP contribution is -2.42. The third-order valence-corrected chi connectivity index (χ3v) is 5.19. The first-order valence-corrected chi connectivity index (χ1v) is 9.02. The Kier molecular flexibility index (Phi) is 5.85. The minimum Gasteiger partial charge on any atom is -0.371 e. The van der Waals surface area contributed by atoms with Gasteiger partial charge in [-0.05, 0) is 74.9 Å². The number of carbonyl (C=O) groups excluding carboxylic acids is 1. The number of halogens is 3. The standard InChI is InChI=1S/C21H23F3N2O/c1-25-7-5-17(6-8-25)26(2)18-10-14(9-16(22)13-18)11-21(27)15-3-4-19(23)20(24)12-15/h3-4,9-10,12-13,17H,5-8,11H2,1-2H3. The Bertz CT molecular complexity index is 832. The first kappa shape index (κ1) is 19.4. The van der Waals surface area contributed by atoms with Gasteiger partial charge in [0, 0.05) is 30.8 Å². The molecule has 0 atom stereocenters. The maximum atomic E-state index is 14.1. The number of nitrogens with zero attached hydrogens (tertiary/aromatic N) is 2. The highest BCUT2D eigenvalue weighted by atomic mass is 19.2. The second kappa shape index (κ2) is 8.13. The van der Waals surface area contributed by atoms with E-state index in [1.54, 1.807) is 6.07 Å². The van der Waals surface area contributed by atoms with E-state index in [4.69, 9.17) is 0 Å². The number of hydrogen-bond donors (Lipinski definition) is 0. The molecule has 0 aromatic heterocycles. The first-order valence-electron chi connectivity index (χ1n) is 9.02. The molecule has 1 heterocycles. The fourth-order valence-corrected chi connectivity index (χ4v) is 3.49. The van der Waals surface area contributed by atoms with E-state index in [9.17, 15) is 18.0 Å². The summed E-state index contributed by atoms with van der Waals surface area (Å²) in [6.07, 6.45) is 1.91. The molecule has 0 saturated carbocycles. The number of Topliss-reactive ketones (excluding diaryl/α,β-unsaturated/α-hetero) is 1. The summed E-state index contributed by atoms with van der Waals surface area (Å²) in [5.74, 6) is -2.87. The Balaban J connectivity index is 1.76. The Hall–Kier alpha value is -2.34. The molecule has 0 radical (unpaired) electrons. The minimum atomic E-state index is -1.07. The summed E-state index contributed by atoms with van der Waals surface area (Å²) in [7, 11) is 4.02. The van der Waals surface area contributed by atoms with Gasteiger partial charge in [0.15, 0.2) is 17.4 Å². The van der Waals surface area contributed by atoms with E-state index in [1.165, 1.54) is 18.2 Å². The monoisotopic (exact) mass is 376 g/mol. The highest BCUT2D eigenvalue weighted by Crippen LogP contribution is 2.25. The number of ketones is 1. The van der Waals surface area contributed by atoms with Crippen molar-refractivity contribution in [1.82, 2.24) is 4.90 Å². The van der Waals surface area contributed by atoms with E-state index in [-0.39, 0.29) is 17.8 Å². The zero-order chi connectivity index (χ0) is 19.6. The van der Waals surface area contributed by atoms with Gasteiger partial charge in [0.1, 0.15) is 5.82 Å². The van der Waals surface area contributed by atoms with Gasteiger partial charge in [-0.2, -0.15) is 0 Å². The molecule has 0 N–H and O–H groups in total. The molecule has 1 fully saturated rings. The van der Waals surface area contributed by atoms with E-state index in [2.05, 4.69) is 16.8 Å². The summed E-state index contributed by atoms with van der Waals surface area (Å²) in [4.78, 5) is 16.7. The third kappa shape index (κ3) is 4.69. The number of hydrogen-bond acceptors (Lipinski definition) is 3. The molecule has 1 aliphatic rings. The van der Waals surface area contributed by atoms with E-state index in [0.29, 0.717) is 11.6 Å². The summed E-state index contributed by atoms with van der Waals surface area (Å²) >= 11 is 0. The second-order valence-electron chi connectivity index (χ2n) is 7.19. The van der Waals surface area contributed by atoms with Gasteiger partial charge in [0.25, 0.3) is 0 Å². The lowest BCUT2D eigenvalue weighted by Gasteiger charge is -2.36. The van der Waals surface area contributed by atoms with Crippen LogP contribution in [0.4, 0.5) is 18.9 Å². The van der Waals surface area contributed by atoms with Gasteiger partial charge in [-0.3, -0.25) is 4.79 Å². The van der Waals surface area contributed by atoms with Crippen LogP contribution < -0.4 is 4.90 Å². The molecule has 1 aliphatic heterocycles. The second-order valence-corrected chi connectivity index (χ2v) is 7.19. The Labute approximate surface area is 157 Å². The van der Waals surface area contributed by atoms with E-state index in [0.717, 1.165) is 43.8 Å². The van der Waals surface area contributed by atoms with E-state index >= 15 is 0 Å². The van der Waals surface area contributed by atoms with Crippen LogP contribution in [0, 0.1) is 17.5 Å². The minimum absolute atomic E-state index is 0.0723. The van der Waals surface area contributed by atoms with Gasteiger partial charge in [0.2, 0.25) is 0 Å². The predicted molar refractivity (Wildman–Crippen MR) is 99.7 cm³/mol. The Morgan fingerprint density at radius 3 is 2.44 bits per heavy atom. The average molecular weight is 376 g/mol. The summed E-state index contributed by atoms with van der Waals surface area (Å²) in [5.41, 5.74) is 1.31. The van der Waals surface area contributed by atoms with Crippen molar-refractivity contribution in [2.24, 2.45) is 0 Å². The topological polar surface area (TPSA) is 23.6 Å². The molecule has 144 valence electrons. The fraction of sp³-hybridized carbons (Fsp3) is 0.381. The molecular weight excluding hydrogens is 353 g/mol. The van der Waals surface area contributed by atoms with Gasteiger partial charge in [-0.25, -0.2) is 13.2 Å². The van der Waals surface area contributed by atoms with Crippen LogP contribution in [0.3, 0.4) is 0 Å². The highest BCUT2D eigenvalue weighted by molar-refractivity contribution is 5.97. The van der Waals surface area contributed by atoms with Crippen LogP contribution in [0.2, 0.25) is 0 Å². The fourth-order valence-electron chi connectivity index (χ4n) is 3.49. The van der Waals surface area contributed by atoms with Crippen LogP contribution in [0.25, 0.3) is 0 Å². The number of benzene rings is 2. The maximum absolute atomic E-state index is 14.1. The van der Waals surface area contributed by atoms with Crippen LogP contribution in [-0.2, 0) is 6.42 Å². The quantitative estimate of drug-likeness (QED) is 0.736. The normalized spacial score (nSPS) is 15.7. The Morgan fingerprint density at radius 2 is 1.78 bits per heavy atom. The third-order valence-electron chi connectivity index (χ3n) is 5.19. The summed E-state index contributed by atoms with van der Waals surface area (Å²) in [6.45, 7) is 1.98. The summed E-state index contributed by atoms with van der Waals surface area (Å²) < 4.78 is 40.5. The van der Waals surface area contributed by atoms with Gasteiger partial charge >= 0.3 is 0 Å². The molecule has 6 heteroatoms. The van der Waals surface area contributed by atoms with Crippen molar-refractivity contribution in [2.45, 2.75) is 25.3 Å². The van der Waals surface area contributed by atoms with Gasteiger partial charge in [0.05, 0.1) is 0 Å². The van der Waals surface area contributed by atoms with Crippen molar-refractivity contribution < 1.29 is 18.0 Å². The molecule has 0 aliphatic carbocycles. The molecule has 3 nitrogen and oxygen atoms in total. The summed E-state index contributed by atoms with van der Waals surface area (Å²) in [5, 5.41) is 0. The molecule has 2 aromatic carbocycles. The number of carbonyl (C=O) groups is 1. The smallest absolute Gasteiger partial charge is 0.167 e. The lowest BCUT2D eigenvalue weighted by atomic mass is 10.0. The van der Waals surface area contributed by atoms with Crippen LogP contribution >= 0.6 is 0 Å². The molecule has 0 spiro atoms. The average Bonchev–Trinajstić information content (AvgIpc) is 2.63. The van der Waals surface area contributed by atoms with Crippen LogP contribution in [0.1, 0.15) is 28.8 Å². The maximum Gasteiger partial charge on any atom is 0.167 e. The van der Waals surface area contributed by atoms with Gasteiger partial charge in [-0.15, -0.1) is 0 Å². The van der Waals surface area contributed by atoms with Crippen molar-refractivity contribution in [1.29, 1.82) is 0 Å². The van der Waals surface area contributed by atoms with E-state index in [1.807, 2.05) is 7.05 Å². The molecule has 0 amide bonds. The zero-order valence-electron chi connectivity index (χ0n) is 15.5. The van der Waals surface area contributed by atoms with Crippen molar-refractivity contribution >= 4 is 11.5 Å². The molecular formula is C21H23F3N2O. The number of likely N-dealkylation sites (tertiary alicyclic amines) is 1. The van der Waals surface area contributed by atoms with Gasteiger partial charge < -0.3 is 9.80 Å². The number of anilines is 1. The molecule has 2 aromatic rings. The van der Waals surface area contributed by atoms with Crippen molar-refractivity contribution in [3.63, 3.8) is 0 Å². The van der Waals surface area contributed by atoms with Crippen LogP contribution in [-0.4, -0.2) is 43.9 Å². The predicted octanol–water partition coefficient (Wildman–Crippen LogP) is 4.06. The summed E-state index contributed by atoms with van der Waals surface area (Å²) in [6, 6.07) is 7.92. The van der Waals surface area contributed by atoms with Crippen molar-refractivity contribution in [3.8, 4) is 0 Å². The number of rotatable bonds is 5. The molecule has 1 saturated heterocycles. The lowest BCUT2D eigenvalue weighted by molar-refractivity contribution is 0.0992. The van der Waals surface area contributed by atoms with Crippen molar-refractivity contribution in [2.75, 3.05) is 32.1 Å². The van der Waals surface area contributed by atoms with Gasteiger partial charge in [-0.1, -0.05) is 0 Å². The molecule has 0 bridgehead atoms. The zero-order valence-corrected chi connectivity index (χ0v) is 15.5. The van der Waals surface area contributed by atoms with E-state index < -0.39 is 17.5 Å². The van der Waals surface area contributed by atoms with Crippen LogP contribution in [0.5, 0.6) is 0 Å². The Morgan fingerprint density at radius 1 is 1.07 bits per heavy atom. The molecule has 0 unspecified atom stereocenters. The highest BCUT2D eigenvalue weighted by Gasteiger charge is 2.22. The molecule has 27 heavy (non-hydrogen) atoms. The largest absolute Gasteiger partial charge is 0.371 e. The molecule has 3 rings (SSSR count).